The van der Waals surface area contributed by atoms with Crippen LogP contribution in [0.2, 0.25) is 0 Å². The number of piperazine rings is 1. The molecule has 0 N–H and O–H groups in total. The molecule has 2 aliphatic heterocycles. The second-order valence-electron chi connectivity index (χ2n) is 8.26. The van der Waals surface area contributed by atoms with Crippen LogP contribution in [-0.4, -0.2) is 89.5 Å². The minimum absolute atomic E-state index is 0.0986. The van der Waals surface area contributed by atoms with Crippen molar-refractivity contribution in [1.29, 1.82) is 0 Å². The molecule has 1 amide bonds. The van der Waals surface area contributed by atoms with Gasteiger partial charge in [-0.2, -0.15) is 0 Å². The molecule has 7 heteroatoms. The first-order valence-corrected chi connectivity index (χ1v) is 10.9. The van der Waals surface area contributed by atoms with Gasteiger partial charge in [0.2, 0.25) is 0 Å². The highest BCUT2D eigenvalue weighted by atomic mass is 16.5. The number of aryl methyl sites for hydroxylation is 1. The molecule has 0 atom stereocenters. The molecule has 158 valence electrons. The van der Waals surface area contributed by atoms with E-state index in [1.165, 1.54) is 6.42 Å². The summed E-state index contributed by atoms with van der Waals surface area (Å²) in [5.74, 6) is 0.0986. The van der Waals surface area contributed by atoms with E-state index in [4.69, 9.17) is 9.72 Å². The van der Waals surface area contributed by atoms with Crippen LogP contribution in [0.1, 0.15) is 41.0 Å². The Morgan fingerprint density at radius 1 is 1.07 bits per heavy atom. The summed E-state index contributed by atoms with van der Waals surface area (Å²) in [5, 5.41) is 0. The molecule has 0 aliphatic carbocycles. The van der Waals surface area contributed by atoms with Gasteiger partial charge in [0.25, 0.3) is 5.91 Å². The number of likely N-dealkylation sites (tertiary alicyclic amines) is 1. The fourth-order valence-corrected chi connectivity index (χ4v) is 4.43. The van der Waals surface area contributed by atoms with E-state index >= 15 is 0 Å². The number of fused-ring (bicyclic) bond motifs is 1. The zero-order valence-electron chi connectivity index (χ0n) is 17.8. The number of hydrogen-bond donors (Lipinski definition) is 0. The topological polar surface area (TPSA) is 53.3 Å². The van der Waals surface area contributed by atoms with E-state index in [0.29, 0.717) is 5.69 Å². The highest BCUT2D eigenvalue weighted by Gasteiger charge is 2.27. The number of aromatic nitrogens is 2. The van der Waals surface area contributed by atoms with Crippen LogP contribution in [0.15, 0.2) is 18.3 Å². The molecule has 2 aliphatic rings. The maximum atomic E-state index is 13.3. The normalized spacial score (nSPS) is 19.2. The Bertz CT molecular complexity index is 835. The zero-order chi connectivity index (χ0) is 20.2. The molecular formula is C22H33N5O2. The summed E-state index contributed by atoms with van der Waals surface area (Å²) in [6.07, 6.45) is 5.45. The summed E-state index contributed by atoms with van der Waals surface area (Å²) in [7, 11) is 1.75. The van der Waals surface area contributed by atoms with E-state index in [-0.39, 0.29) is 5.91 Å². The van der Waals surface area contributed by atoms with Gasteiger partial charge in [0.05, 0.1) is 12.3 Å². The van der Waals surface area contributed by atoms with E-state index in [0.717, 1.165) is 88.7 Å². The Morgan fingerprint density at radius 2 is 1.79 bits per heavy atom. The average Bonchev–Trinajstić information content (AvgIpc) is 3.13. The lowest BCUT2D eigenvalue weighted by atomic mass is 10.1. The van der Waals surface area contributed by atoms with E-state index in [2.05, 4.69) is 27.2 Å². The van der Waals surface area contributed by atoms with Gasteiger partial charge in [-0.25, -0.2) is 4.98 Å². The lowest BCUT2D eigenvalue weighted by molar-refractivity contribution is 0.0712. The zero-order valence-corrected chi connectivity index (χ0v) is 17.8. The number of ether oxygens (including phenoxy) is 1. The Morgan fingerprint density at radius 3 is 2.52 bits per heavy atom. The van der Waals surface area contributed by atoms with Gasteiger partial charge in [0.15, 0.2) is 5.69 Å². The van der Waals surface area contributed by atoms with Crippen LogP contribution >= 0.6 is 0 Å². The second kappa shape index (κ2) is 9.24. The third-order valence-electron chi connectivity index (χ3n) is 6.24. The number of imidazole rings is 1. The fourth-order valence-electron chi connectivity index (χ4n) is 4.43. The SMILES string of the molecule is COCCN1CCN(Cc2c(C(=O)N3CCCCC3)nc3c(C)cccn23)CC1. The molecule has 4 heterocycles. The number of carbonyl (C=O) groups excluding carboxylic acids is 1. The van der Waals surface area contributed by atoms with Gasteiger partial charge >= 0.3 is 0 Å². The number of carbonyl (C=O) groups is 1. The first-order chi connectivity index (χ1) is 14.2. The fraction of sp³-hybridized carbons (Fsp3) is 0.636. The van der Waals surface area contributed by atoms with E-state index in [1.807, 2.05) is 17.2 Å². The highest BCUT2D eigenvalue weighted by molar-refractivity contribution is 5.94. The molecule has 4 rings (SSSR count). The number of nitrogens with zero attached hydrogens (tertiary/aromatic N) is 5. The summed E-state index contributed by atoms with van der Waals surface area (Å²) in [6.45, 7) is 10.4. The monoisotopic (exact) mass is 399 g/mol. The minimum Gasteiger partial charge on any atom is -0.383 e. The molecule has 0 bridgehead atoms. The molecule has 2 aromatic heterocycles. The van der Waals surface area contributed by atoms with Gasteiger partial charge in [-0.15, -0.1) is 0 Å². The van der Waals surface area contributed by atoms with Crippen molar-refractivity contribution in [2.24, 2.45) is 0 Å². The van der Waals surface area contributed by atoms with Crippen LogP contribution < -0.4 is 0 Å². The number of piperidine rings is 1. The van der Waals surface area contributed by atoms with Crippen molar-refractivity contribution >= 4 is 11.6 Å². The van der Waals surface area contributed by atoms with Gasteiger partial charge < -0.3 is 14.0 Å². The summed E-state index contributed by atoms with van der Waals surface area (Å²) >= 11 is 0. The standard InChI is InChI=1S/C22H33N5O2/c1-18-7-6-10-27-19(17-25-13-11-24(12-14-25)15-16-29-2)20(23-21(18)27)22(28)26-8-4-3-5-9-26/h6-7,10H,3-5,8-9,11-17H2,1-2H3. The largest absolute Gasteiger partial charge is 0.383 e. The maximum Gasteiger partial charge on any atom is 0.274 e. The van der Waals surface area contributed by atoms with Crippen molar-refractivity contribution < 1.29 is 9.53 Å². The summed E-state index contributed by atoms with van der Waals surface area (Å²) in [4.78, 5) is 25.0. The Balaban J connectivity index is 1.56. The smallest absolute Gasteiger partial charge is 0.274 e. The van der Waals surface area contributed by atoms with Gasteiger partial charge in [-0.05, 0) is 37.8 Å². The second-order valence-corrected chi connectivity index (χ2v) is 8.26. The molecule has 2 fully saturated rings. The Hall–Kier alpha value is -1.96. The molecule has 2 aromatic rings. The number of pyridine rings is 1. The van der Waals surface area contributed by atoms with Crippen molar-refractivity contribution in [2.45, 2.75) is 32.7 Å². The molecule has 0 aromatic carbocycles. The minimum atomic E-state index is 0.0986. The molecular weight excluding hydrogens is 366 g/mol. The van der Waals surface area contributed by atoms with Crippen molar-refractivity contribution in [2.75, 3.05) is 59.5 Å². The van der Waals surface area contributed by atoms with E-state index in [1.54, 1.807) is 7.11 Å². The molecule has 0 saturated carbocycles. The van der Waals surface area contributed by atoms with Crippen LogP contribution in [-0.2, 0) is 11.3 Å². The average molecular weight is 400 g/mol. The predicted octanol–water partition coefficient (Wildman–Crippen LogP) is 2.03. The van der Waals surface area contributed by atoms with Crippen molar-refractivity contribution in [3.63, 3.8) is 0 Å². The highest BCUT2D eigenvalue weighted by Crippen LogP contribution is 2.21. The molecule has 7 nitrogen and oxygen atoms in total. The van der Waals surface area contributed by atoms with Crippen LogP contribution in [0.3, 0.4) is 0 Å². The summed E-state index contributed by atoms with van der Waals surface area (Å²) in [5.41, 5.74) is 3.69. The Labute approximate surface area is 173 Å². The van der Waals surface area contributed by atoms with Crippen LogP contribution in [0.4, 0.5) is 0 Å². The van der Waals surface area contributed by atoms with Crippen molar-refractivity contribution in [1.82, 2.24) is 24.1 Å². The molecule has 0 spiro atoms. The molecule has 0 radical (unpaired) electrons. The quantitative estimate of drug-likeness (QED) is 0.744. The van der Waals surface area contributed by atoms with Crippen molar-refractivity contribution in [3.8, 4) is 0 Å². The van der Waals surface area contributed by atoms with Gasteiger partial charge in [0, 0.05) is 65.7 Å². The van der Waals surface area contributed by atoms with Gasteiger partial charge in [-0.3, -0.25) is 14.6 Å². The molecule has 29 heavy (non-hydrogen) atoms. The van der Waals surface area contributed by atoms with Gasteiger partial charge in [0.1, 0.15) is 5.65 Å². The number of methoxy groups -OCH3 is 1. The number of hydrogen-bond acceptors (Lipinski definition) is 5. The third-order valence-corrected chi connectivity index (χ3v) is 6.24. The van der Waals surface area contributed by atoms with Crippen LogP contribution in [0, 0.1) is 6.92 Å². The number of rotatable bonds is 6. The first kappa shape index (κ1) is 20.3. The van der Waals surface area contributed by atoms with E-state index < -0.39 is 0 Å². The van der Waals surface area contributed by atoms with Crippen molar-refractivity contribution in [3.05, 3.63) is 35.3 Å². The first-order valence-electron chi connectivity index (χ1n) is 10.9. The van der Waals surface area contributed by atoms with E-state index in [9.17, 15) is 4.79 Å². The number of amides is 1. The Kier molecular flexibility index (Phi) is 6.47. The van der Waals surface area contributed by atoms with Gasteiger partial charge in [-0.1, -0.05) is 6.07 Å². The third kappa shape index (κ3) is 4.47. The van der Waals surface area contributed by atoms with Crippen LogP contribution in [0.25, 0.3) is 5.65 Å². The van der Waals surface area contributed by atoms with Crippen LogP contribution in [0.5, 0.6) is 0 Å². The summed E-state index contributed by atoms with van der Waals surface area (Å²) < 4.78 is 7.34. The maximum absolute atomic E-state index is 13.3. The predicted molar refractivity (Wildman–Crippen MR) is 113 cm³/mol. The molecule has 0 unspecified atom stereocenters. The molecule has 2 saturated heterocycles. The lowest BCUT2D eigenvalue weighted by Gasteiger charge is -2.34. The lowest BCUT2D eigenvalue weighted by Crippen LogP contribution is -2.47. The summed E-state index contributed by atoms with van der Waals surface area (Å²) in [6, 6.07) is 4.11.